The summed E-state index contributed by atoms with van der Waals surface area (Å²) < 4.78 is 0. The molecule has 0 spiro atoms. The minimum absolute atomic E-state index is 0.947. The van der Waals surface area contributed by atoms with Gasteiger partial charge in [-0.2, -0.15) is 5.10 Å². The van der Waals surface area contributed by atoms with Crippen LogP contribution in [-0.2, 0) is 6.42 Å². The van der Waals surface area contributed by atoms with E-state index >= 15 is 0 Å². The lowest BCUT2D eigenvalue weighted by Gasteiger charge is -2.07. The van der Waals surface area contributed by atoms with Gasteiger partial charge in [0.2, 0.25) is 0 Å². The molecule has 2 N–H and O–H groups in total. The van der Waals surface area contributed by atoms with Crippen LogP contribution < -0.4 is 5.32 Å². The second-order valence-electron chi connectivity index (χ2n) is 4.82. The summed E-state index contributed by atoms with van der Waals surface area (Å²) in [5.41, 5.74) is 7.46. The Morgan fingerprint density at radius 1 is 1.17 bits per heavy atom. The molecule has 0 atom stereocenters. The number of hydrogen-bond acceptors (Lipinski definition) is 2. The number of nitrogens with zero attached hydrogens (tertiary/aromatic N) is 1. The van der Waals surface area contributed by atoms with Crippen LogP contribution in [-0.4, -0.2) is 23.8 Å². The summed E-state index contributed by atoms with van der Waals surface area (Å²) in [5.74, 6) is 0. The number of hydrogen-bond donors (Lipinski definition) is 2. The van der Waals surface area contributed by atoms with Crippen LogP contribution in [0.1, 0.15) is 22.5 Å². The summed E-state index contributed by atoms with van der Waals surface area (Å²) in [6.45, 7) is 7.33. The van der Waals surface area contributed by atoms with Gasteiger partial charge in [-0.1, -0.05) is 18.2 Å². The average Bonchev–Trinajstić information content (AvgIpc) is 2.71. The SMILES string of the molecule is CNCCc1n[nH]c(C)c1-c1ccc(C)c(C)c1. The molecular weight excluding hydrogens is 222 g/mol. The van der Waals surface area contributed by atoms with Crippen LogP contribution in [0.2, 0.25) is 0 Å². The van der Waals surface area contributed by atoms with Gasteiger partial charge in [0.25, 0.3) is 0 Å². The van der Waals surface area contributed by atoms with Crippen molar-refractivity contribution in [3.05, 3.63) is 40.7 Å². The van der Waals surface area contributed by atoms with Crippen molar-refractivity contribution < 1.29 is 0 Å². The summed E-state index contributed by atoms with van der Waals surface area (Å²) in [6, 6.07) is 6.61. The molecule has 3 nitrogen and oxygen atoms in total. The predicted molar refractivity (Wildman–Crippen MR) is 75.9 cm³/mol. The molecule has 2 aromatic rings. The molecule has 0 amide bonds. The van der Waals surface area contributed by atoms with E-state index in [0.29, 0.717) is 0 Å². The number of aromatic nitrogens is 2. The predicted octanol–water partition coefficient (Wildman–Crippen LogP) is 2.76. The summed E-state index contributed by atoms with van der Waals surface area (Å²) in [4.78, 5) is 0. The van der Waals surface area contributed by atoms with Crippen LogP contribution in [0.25, 0.3) is 11.1 Å². The minimum atomic E-state index is 0.947. The molecule has 96 valence electrons. The highest BCUT2D eigenvalue weighted by Gasteiger charge is 2.12. The highest BCUT2D eigenvalue weighted by molar-refractivity contribution is 5.69. The molecule has 2 rings (SSSR count). The molecule has 0 saturated heterocycles. The van der Waals surface area contributed by atoms with Crippen molar-refractivity contribution in [3.63, 3.8) is 0 Å². The zero-order valence-electron chi connectivity index (χ0n) is 11.6. The molecule has 0 aliphatic carbocycles. The van der Waals surface area contributed by atoms with Crippen LogP contribution >= 0.6 is 0 Å². The third-order valence-electron chi connectivity index (χ3n) is 3.43. The molecule has 0 radical (unpaired) electrons. The number of nitrogens with one attached hydrogen (secondary N) is 2. The number of rotatable bonds is 4. The molecule has 0 saturated carbocycles. The fourth-order valence-electron chi connectivity index (χ4n) is 2.18. The van der Waals surface area contributed by atoms with Gasteiger partial charge in [-0.15, -0.1) is 0 Å². The zero-order chi connectivity index (χ0) is 13.1. The van der Waals surface area contributed by atoms with Crippen molar-refractivity contribution in [2.45, 2.75) is 27.2 Å². The lowest BCUT2D eigenvalue weighted by molar-refractivity contribution is 0.773. The number of likely N-dealkylation sites (N-methyl/N-ethyl adjacent to an activating group) is 1. The maximum absolute atomic E-state index is 4.42. The normalized spacial score (nSPS) is 10.9. The fraction of sp³-hybridized carbons (Fsp3) is 0.400. The highest BCUT2D eigenvalue weighted by atomic mass is 15.1. The van der Waals surface area contributed by atoms with Crippen molar-refractivity contribution in [1.29, 1.82) is 0 Å². The molecule has 1 aromatic heterocycles. The molecule has 0 aliphatic heterocycles. The monoisotopic (exact) mass is 243 g/mol. The Balaban J connectivity index is 2.42. The van der Waals surface area contributed by atoms with Gasteiger partial charge in [-0.25, -0.2) is 0 Å². The van der Waals surface area contributed by atoms with E-state index in [1.54, 1.807) is 0 Å². The molecular formula is C15H21N3. The van der Waals surface area contributed by atoms with E-state index in [2.05, 4.69) is 54.5 Å². The van der Waals surface area contributed by atoms with Crippen molar-refractivity contribution in [1.82, 2.24) is 15.5 Å². The van der Waals surface area contributed by atoms with Crippen LogP contribution in [0.15, 0.2) is 18.2 Å². The molecule has 0 bridgehead atoms. The molecule has 0 aliphatic rings. The Hall–Kier alpha value is -1.61. The van der Waals surface area contributed by atoms with Crippen LogP contribution in [0.5, 0.6) is 0 Å². The summed E-state index contributed by atoms with van der Waals surface area (Å²) >= 11 is 0. The number of aryl methyl sites for hydroxylation is 3. The maximum Gasteiger partial charge on any atom is 0.0715 e. The average molecular weight is 243 g/mol. The fourth-order valence-corrected chi connectivity index (χ4v) is 2.18. The summed E-state index contributed by atoms with van der Waals surface area (Å²) in [6.07, 6.45) is 0.948. The van der Waals surface area contributed by atoms with E-state index in [1.165, 1.54) is 22.3 Å². The van der Waals surface area contributed by atoms with E-state index in [4.69, 9.17) is 0 Å². The van der Waals surface area contributed by atoms with E-state index in [0.717, 1.165) is 24.4 Å². The number of aromatic amines is 1. The minimum Gasteiger partial charge on any atom is -0.319 e. The Morgan fingerprint density at radius 2 is 1.94 bits per heavy atom. The Labute approximate surface area is 109 Å². The Bertz CT molecular complexity index is 541. The van der Waals surface area contributed by atoms with Crippen LogP contribution in [0.4, 0.5) is 0 Å². The van der Waals surface area contributed by atoms with Crippen LogP contribution in [0, 0.1) is 20.8 Å². The largest absolute Gasteiger partial charge is 0.319 e. The van der Waals surface area contributed by atoms with Gasteiger partial charge < -0.3 is 5.32 Å². The molecule has 18 heavy (non-hydrogen) atoms. The van der Waals surface area contributed by atoms with Crippen molar-refractivity contribution >= 4 is 0 Å². The molecule has 1 aromatic carbocycles. The van der Waals surface area contributed by atoms with E-state index in [-0.39, 0.29) is 0 Å². The van der Waals surface area contributed by atoms with E-state index < -0.39 is 0 Å². The summed E-state index contributed by atoms with van der Waals surface area (Å²) in [5, 5.41) is 10.7. The van der Waals surface area contributed by atoms with Gasteiger partial charge in [-0.3, -0.25) is 5.10 Å². The Kier molecular flexibility index (Phi) is 3.82. The van der Waals surface area contributed by atoms with Gasteiger partial charge in [-0.05, 0) is 44.5 Å². The number of H-pyrrole nitrogens is 1. The van der Waals surface area contributed by atoms with Crippen molar-refractivity contribution in [3.8, 4) is 11.1 Å². The maximum atomic E-state index is 4.42. The standard InChI is InChI=1S/C15H21N3/c1-10-5-6-13(9-11(10)2)15-12(3)17-18-14(15)7-8-16-4/h5-6,9,16H,7-8H2,1-4H3,(H,17,18). The van der Waals surface area contributed by atoms with Crippen LogP contribution in [0.3, 0.4) is 0 Å². The van der Waals surface area contributed by atoms with Gasteiger partial charge in [0.15, 0.2) is 0 Å². The van der Waals surface area contributed by atoms with E-state index in [1.807, 2.05) is 7.05 Å². The smallest absolute Gasteiger partial charge is 0.0715 e. The lowest BCUT2D eigenvalue weighted by atomic mass is 9.98. The topological polar surface area (TPSA) is 40.7 Å². The third-order valence-corrected chi connectivity index (χ3v) is 3.43. The first kappa shape index (κ1) is 12.8. The first-order valence-electron chi connectivity index (χ1n) is 6.39. The van der Waals surface area contributed by atoms with Crippen molar-refractivity contribution in [2.75, 3.05) is 13.6 Å². The second kappa shape index (κ2) is 5.36. The van der Waals surface area contributed by atoms with E-state index in [9.17, 15) is 0 Å². The van der Waals surface area contributed by atoms with Crippen molar-refractivity contribution in [2.24, 2.45) is 0 Å². The zero-order valence-corrected chi connectivity index (χ0v) is 11.6. The summed E-state index contributed by atoms with van der Waals surface area (Å²) in [7, 11) is 1.97. The Morgan fingerprint density at radius 3 is 2.61 bits per heavy atom. The molecule has 0 unspecified atom stereocenters. The first-order chi connectivity index (χ1) is 8.63. The first-order valence-corrected chi connectivity index (χ1v) is 6.39. The number of benzene rings is 1. The van der Waals surface area contributed by atoms with Gasteiger partial charge in [0, 0.05) is 24.2 Å². The molecule has 0 fully saturated rings. The van der Waals surface area contributed by atoms with Gasteiger partial charge in [0.1, 0.15) is 0 Å². The highest BCUT2D eigenvalue weighted by Crippen LogP contribution is 2.27. The molecule has 3 heteroatoms. The molecule has 1 heterocycles. The second-order valence-corrected chi connectivity index (χ2v) is 4.82. The van der Waals surface area contributed by atoms with Gasteiger partial charge in [0.05, 0.1) is 5.69 Å². The lowest BCUT2D eigenvalue weighted by Crippen LogP contribution is -2.11. The quantitative estimate of drug-likeness (QED) is 0.867. The third kappa shape index (κ3) is 2.46. The van der Waals surface area contributed by atoms with Gasteiger partial charge >= 0.3 is 0 Å².